The predicted molar refractivity (Wildman–Crippen MR) is 41.8 cm³/mol. The average Bonchev–Trinajstić information content (AvgIpc) is 1.89. The predicted octanol–water partition coefficient (Wildman–Crippen LogP) is 1.76. The third kappa shape index (κ3) is 6.76. The molecule has 0 aliphatic heterocycles. The lowest BCUT2D eigenvalue weighted by atomic mass is 10.4. The summed E-state index contributed by atoms with van der Waals surface area (Å²) in [5, 5.41) is 0. The van der Waals surface area contributed by atoms with Crippen LogP contribution in [0.4, 0.5) is 0 Å². The minimum atomic E-state index is 1.48. The van der Waals surface area contributed by atoms with Crippen LogP contribution < -0.4 is 5.73 Å². The first kappa shape index (κ1) is 7.76. The van der Waals surface area contributed by atoms with Crippen LogP contribution in [0.5, 0.6) is 0 Å². The molecule has 0 rings (SSSR count). The topological polar surface area (TPSA) is 26.0 Å². The van der Waals surface area contributed by atoms with Gasteiger partial charge in [-0.25, -0.2) is 0 Å². The molecule has 1 heteroatoms. The van der Waals surface area contributed by atoms with Crippen molar-refractivity contribution >= 4 is 0 Å². The summed E-state index contributed by atoms with van der Waals surface area (Å²) < 4.78 is 0. The molecule has 0 unspecified atom stereocenters. The largest absolute Gasteiger partial charge is 0.405 e. The molecule has 0 saturated heterocycles. The molecule has 0 heterocycles. The first-order valence-electron chi connectivity index (χ1n) is 2.74. The van der Waals surface area contributed by atoms with Gasteiger partial charge in [0, 0.05) is 0 Å². The lowest BCUT2D eigenvalue weighted by molar-refractivity contribution is 1.60. The monoisotopic (exact) mass is 121 g/mol. The SMILES string of the molecule is C=C/C=C\C=C/C=CN. The van der Waals surface area contributed by atoms with Gasteiger partial charge in [-0.15, -0.1) is 0 Å². The van der Waals surface area contributed by atoms with Crippen molar-refractivity contribution in [3.63, 3.8) is 0 Å². The summed E-state index contributed by atoms with van der Waals surface area (Å²) >= 11 is 0. The van der Waals surface area contributed by atoms with Crippen molar-refractivity contribution in [1.29, 1.82) is 0 Å². The summed E-state index contributed by atoms with van der Waals surface area (Å²) in [6, 6.07) is 0. The smallest absolute Gasteiger partial charge is 0.00624 e. The lowest BCUT2D eigenvalue weighted by Crippen LogP contribution is -1.71. The number of rotatable bonds is 3. The highest BCUT2D eigenvalue weighted by Crippen LogP contribution is 1.77. The number of allylic oxidation sites excluding steroid dienone is 6. The van der Waals surface area contributed by atoms with Crippen LogP contribution in [0, 0.1) is 0 Å². The summed E-state index contributed by atoms with van der Waals surface area (Å²) in [5.74, 6) is 0. The average molecular weight is 121 g/mol. The molecular formula is C8H11N. The fraction of sp³-hybridized carbons (Fsp3) is 0. The molecule has 48 valence electrons. The maximum Gasteiger partial charge on any atom is -0.00624 e. The fourth-order valence-corrected chi connectivity index (χ4v) is 0.335. The summed E-state index contributed by atoms with van der Waals surface area (Å²) in [6.07, 6.45) is 12.4. The highest BCUT2D eigenvalue weighted by molar-refractivity contribution is 5.13. The maximum atomic E-state index is 5.07. The third-order valence-electron chi connectivity index (χ3n) is 0.692. The van der Waals surface area contributed by atoms with Crippen molar-refractivity contribution in [3.8, 4) is 0 Å². The Balaban J connectivity index is 3.46. The third-order valence-corrected chi connectivity index (χ3v) is 0.692. The Bertz CT molecular complexity index is 141. The van der Waals surface area contributed by atoms with Crippen LogP contribution in [0.25, 0.3) is 0 Å². The van der Waals surface area contributed by atoms with Gasteiger partial charge in [0.25, 0.3) is 0 Å². The van der Waals surface area contributed by atoms with Crippen molar-refractivity contribution < 1.29 is 0 Å². The molecule has 0 atom stereocenters. The summed E-state index contributed by atoms with van der Waals surface area (Å²) in [5.41, 5.74) is 5.07. The van der Waals surface area contributed by atoms with Gasteiger partial charge in [0.05, 0.1) is 0 Å². The zero-order valence-electron chi connectivity index (χ0n) is 5.33. The Morgan fingerprint density at radius 3 is 2.00 bits per heavy atom. The molecule has 0 aromatic rings. The molecule has 9 heavy (non-hydrogen) atoms. The zero-order valence-corrected chi connectivity index (χ0v) is 5.33. The van der Waals surface area contributed by atoms with Crippen LogP contribution in [0.15, 0.2) is 49.2 Å². The van der Waals surface area contributed by atoms with E-state index < -0.39 is 0 Å². The van der Waals surface area contributed by atoms with Gasteiger partial charge in [-0.1, -0.05) is 37.0 Å². The molecule has 0 aromatic carbocycles. The molecule has 0 aliphatic rings. The van der Waals surface area contributed by atoms with Crippen LogP contribution >= 0.6 is 0 Å². The Morgan fingerprint density at radius 2 is 1.44 bits per heavy atom. The van der Waals surface area contributed by atoms with Crippen LogP contribution in [-0.2, 0) is 0 Å². The van der Waals surface area contributed by atoms with E-state index in [9.17, 15) is 0 Å². The summed E-state index contributed by atoms with van der Waals surface area (Å²) in [6.45, 7) is 3.52. The molecule has 2 N–H and O–H groups in total. The Kier molecular flexibility index (Phi) is 5.83. The van der Waals surface area contributed by atoms with E-state index in [1.807, 2.05) is 24.3 Å². The molecule has 0 radical (unpaired) electrons. The molecule has 0 amide bonds. The van der Waals surface area contributed by atoms with E-state index in [2.05, 4.69) is 6.58 Å². The first-order chi connectivity index (χ1) is 4.41. The molecule has 0 spiro atoms. The van der Waals surface area contributed by atoms with E-state index in [4.69, 9.17) is 5.73 Å². The molecular weight excluding hydrogens is 110 g/mol. The van der Waals surface area contributed by atoms with Crippen molar-refractivity contribution in [2.45, 2.75) is 0 Å². The molecule has 1 nitrogen and oxygen atoms in total. The van der Waals surface area contributed by atoms with E-state index in [0.29, 0.717) is 0 Å². The van der Waals surface area contributed by atoms with Gasteiger partial charge in [0.15, 0.2) is 0 Å². The second-order valence-corrected chi connectivity index (χ2v) is 1.39. The van der Waals surface area contributed by atoms with E-state index in [1.165, 1.54) is 6.20 Å². The standard InChI is InChI=1S/C8H11N/c1-2-3-4-5-6-7-8-9/h2-8H,1,9H2/b4-3-,6-5-,8-7?. The summed E-state index contributed by atoms with van der Waals surface area (Å²) in [7, 11) is 0. The highest BCUT2D eigenvalue weighted by Gasteiger charge is 1.57. The van der Waals surface area contributed by atoms with E-state index in [1.54, 1.807) is 12.2 Å². The van der Waals surface area contributed by atoms with E-state index >= 15 is 0 Å². The Morgan fingerprint density at radius 1 is 0.889 bits per heavy atom. The van der Waals surface area contributed by atoms with Crippen molar-refractivity contribution in [2.75, 3.05) is 0 Å². The van der Waals surface area contributed by atoms with Gasteiger partial charge in [-0.05, 0) is 12.3 Å². The highest BCUT2D eigenvalue weighted by atomic mass is 14.5. The van der Waals surface area contributed by atoms with Gasteiger partial charge in [0.2, 0.25) is 0 Å². The van der Waals surface area contributed by atoms with Crippen molar-refractivity contribution in [2.24, 2.45) is 5.73 Å². The molecule has 0 aliphatic carbocycles. The van der Waals surface area contributed by atoms with Gasteiger partial charge < -0.3 is 5.73 Å². The van der Waals surface area contributed by atoms with Crippen molar-refractivity contribution in [3.05, 3.63) is 49.2 Å². The number of hydrogen-bond acceptors (Lipinski definition) is 1. The summed E-state index contributed by atoms with van der Waals surface area (Å²) in [4.78, 5) is 0. The maximum absolute atomic E-state index is 5.07. The Hall–Kier alpha value is -1.24. The first-order valence-corrected chi connectivity index (χ1v) is 2.74. The second kappa shape index (κ2) is 6.76. The van der Waals surface area contributed by atoms with Crippen LogP contribution in [-0.4, -0.2) is 0 Å². The Labute approximate surface area is 55.9 Å². The lowest BCUT2D eigenvalue weighted by Gasteiger charge is -1.69. The van der Waals surface area contributed by atoms with Gasteiger partial charge >= 0.3 is 0 Å². The van der Waals surface area contributed by atoms with Crippen molar-refractivity contribution in [1.82, 2.24) is 0 Å². The second-order valence-electron chi connectivity index (χ2n) is 1.39. The minimum absolute atomic E-state index is 1.48. The van der Waals surface area contributed by atoms with Gasteiger partial charge in [0.1, 0.15) is 0 Å². The fourth-order valence-electron chi connectivity index (χ4n) is 0.335. The number of nitrogens with two attached hydrogens (primary N) is 1. The van der Waals surface area contributed by atoms with Gasteiger partial charge in [-0.3, -0.25) is 0 Å². The van der Waals surface area contributed by atoms with E-state index in [-0.39, 0.29) is 0 Å². The van der Waals surface area contributed by atoms with Crippen LogP contribution in [0.2, 0.25) is 0 Å². The molecule has 0 saturated carbocycles. The number of hydrogen-bond donors (Lipinski definition) is 1. The zero-order chi connectivity index (χ0) is 6.95. The quantitative estimate of drug-likeness (QED) is 0.566. The molecule has 0 fully saturated rings. The molecule has 0 bridgehead atoms. The van der Waals surface area contributed by atoms with Crippen LogP contribution in [0.3, 0.4) is 0 Å². The normalized spacial score (nSPS) is 12.0. The van der Waals surface area contributed by atoms with E-state index in [0.717, 1.165) is 0 Å². The van der Waals surface area contributed by atoms with Crippen LogP contribution in [0.1, 0.15) is 0 Å². The van der Waals surface area contributed by atoms with Gasteiger partial charge in [-0.2, -0.15) is 0 Å². The molecule has 0 aromatic heterocycles. The minimum Gasteiger partial charge on any atom is -0.405 e.